The Balaban J connectivity index is 3.63. The zero-order valence-corrected chi connectivity index (χ0v) is 4.80. The maximum Gasteiger partial charge on any atom is 0.321 e. The summed E-state index contributed by atoms with van der Waals surface area (Å²) < 4.78 is 27.5. The van der Waals surface area contributed by atoms with Crippen molar-refractivity contribution in [3.63, 3.8) is 0 Å². The van der Waals surface area contributed by atoms with Crippen molar-refractivity contribution in [3.05, 3.63) is 4.98 Å². The molecule has 0 heterocycles. The molecular weight excluding hydrogens is 132 g/mol. The van der Waals surface area contributed by atoms with Gasteiger partial charge >= 0.3 is 6.54 Å². The van der Waals surface area contributed by atoms with Crippen LogP contribution in [-0.4, -0.2) is 25.3 Å². The third-order valence-corrected chi connectivity index (χ3v) is 1.15. The van der Waals surface area contributed by atoms with Crippen LogP contribution in [0.4, 0.5) is 0 Å². The maximum atomic E-state index is 9.77. The van der Waals surface area contributed by atoms with E-state index in [1.54, 1.807) is 0 Å². The number of nitrogens with zero attached hydrogens (tertiary/aromatic N) is 2. The van der Waals surface area contributed by atoms with Crippen LogP contribution >= 0.6 is 0 Å². The molecule has 0 bridgehead atoms. The lowest BCUT2D eigenvalue weighted by molar-refractivity contribution is 0.484. The first-order valence-electron chi connectivity index (χ1n) is 1.82. The number of rotatable bonds is 2. The second kappa shape index (κ2) is 2.59. The lowest BCUT2D eigenvalue weighted by Crippen LogP contribution is -2.05. The number of hydrogen-bond acceptors (Lipinski definition) is 3. The van der Waals surface area contributed by atoms with Gasteiger partial charge in [0.25, 0.3) is 10.1 Å². The smallest absolute Gasteiger partial charge is 0.285 e. The van der Waals surface area contributed by atoms with E-state index >= 15 is 0 Å². The van der Waals surface area contributed by atoms with Crippen LogP contribution in [0.1, 0.15) is 0 Å². The van der Waals surface area contributed by atoms with Crippen LogP contribution < -0.4 is 0 Å². The monoisotopic (exact) mass is 137 g/mol. The average molecular weight is 137 g/mol. The van der Waals surface area contributed by atoms with Crippen molar-refractivity contribution in [2.24, 2.45) is 0 Å². The zero-order valence-electron chi connectivity index (χ0n) is 3.98. The van der Waals surface area contributed by atoms with Crippen LogP contribution in [0.2, 0.25) is 0 Å². The highest BCUT2D eigenvalue weighted by atomic mass is 32.2. The summed E-state index contributed by atoms with van der Waals surface area (Å²) in [5.74, 6) is -0.524. The normalized spacial score (nSPS) is 10.5. The van der Waals surface area contributed by atoms with Gasteiger partial charge in [0.2, 0.25) is 5.39 Å². The number of hydrogen-bond donors (Lipinski definition) is 1. The van der Waals surface area contributed by atoms with Crippen LogP contribution in [0.25, 0.3) is 4.98 Å². The Morgan fingerprint density at radius 1 is 1.62 bits per heavy atom. The molecule has 0 unspecified atom stereocenters. The molecule has 0 aliphatic rings. The van der Waals surface area contributed by atoms with Crippen molar-refractivity contribution >= 4 is 10.1 Å². The van der Waals surface area contributed by atoms with E-state index in [4.69, 9.17) is 9.95 Å². The molecule has 8 heavy (non-hydrogen) atoms. The molecule has 0 saturated heterocycles. The molecule has 0 atom stereocenters. The van der Waals surface area contributed by atoms with Gasteiger partial charge in [-0.3, -0.25) is 4.55 Å². The highest BCUT2D eigenvalue weighted by molar-refractivity contribution is 7.85. The highest BCUT2D eigenvalue weighted by Crippen LogP contribution is 1.80. The minimum Gasteiger partial charge on any atom is -0.285 e. The van der Waals surface area contributed by atoms with Crippen molar-refractivity contribution < 1.29 is 13.0 Å². The van der Waals surface area contributed by atoms with Gasteiger partial charge in [-0.15, -0.1) is 0 Å². The van der Waals surface area contributed by atoms with Gasteiger partial charge in [0, 0.05) is 0 Å². The van der Waals surface area contributed by atoms with Gasteiger partial charge in [-0.2, -0.15) is 8.42 Å². The van der Waals surface area contributed by atoms with Gasteiger partial charge in [0.05, 0.1) is 0 Å². The molecule has 46 valence electrons. The summed E-state index contributed by atoms with van der Waals surface area (Å²) in [6.45, 7) is -0.279. The minimum absolute atomic E-state index is 0.279. The Morgan fingerprint density at radius 3 is 2.25 bits per heavy atom. The lowest BCUT2D eigenvalue weighted by atomic mass is 10.8. The third-order valence-electron chi connectivity index (χ3n) is 0.449. The minimum atomic E-state index is -3.94. The molecule has 0 spiro atoms. The molecule has 0 radical (unpaired) electrons. The van der Waals surface area contributed by atoms with E-state index in [0.717, 1.165) is 0 Å². The molecule has 0 saturated carbocycles. The lowest BCUT2D eigenvalue weighted by Gasteiger charge is -1.79. The molecule has 0 aromatic heterocycles. The first-order chi connectivity index (χ1) is 3.56. The molecule has 0 aliphatic carbocycles. The quantitative estimate of drug-likeness (QED) is 0.419. The molecule has 5 nitrogen and oxygen atoms in total. The second-order valence-corrected chi connectivity index (χ2v) is 2.72. The fourth-order valence-electron chi connectivity index (χ4n) is 0.156. The molecule has 6 heteroatoms. The maximum absolute atomic E-state index is 9.77. The SMILES string of the molecule is N#[N+]CCS(=O)(=O)O. The molecule has 1 N–H and O–H groups in total. The molecule has 0 rings (SSSR count). The van der Waals surface area contributed by atoms with E-state index in [9.17, 15) is 8.42 Å². The third kappa shape index (κ3) is 5.33. The van der Waals surface area contributed by atoms with E-state index in [1.165, 1.54) is 0 Å². The van der Waals surface area contributed by atoms with Gasteiger partial charge < -0.3 is 0 Å². The predicted molar refractivity (Wildman–Crippen MR) is 26.4 cm³/mol. The Kier molecular flexibility index (Phi) is 2.37. The average Bonchev–Trinajstić information content (AvgIpc) is 1.59. The van der Waals surface area contributed by atoms with Crippen LogP contribution in [0.5, 0.6) is 0 Å². The fourth-order valence-corrected chi connectivity index (χ4v) is 0.469. The summed E-state index contributed by atoms with van der Waals surface area (Å²) in [6.07, 6.45) is 0. The van der Waals surface area contributed by atoms with E-state index in [2.05, 4.69) is 4.98 Å². The highest BCUT2D eigenvalue weighted by Gasteiger charge is 2.07. The molecule has 0 amide bonds. The fraction of sp³-hybridized carbons (Fsp3) is 1.00. The van der Waals surface area contributed by atoms with Crippen LogP contribution in [0, 0.1) is 5.39 Å². The molecular formula is C2H5N2O3S+. The molecule has 0 fully saturated rings. The van der Waals surface area contributed by atoms with Crippen molar-refractivity contribution in [1.82, 2.24) is 0 Å². The second-order valence-electron chi connectivity index (χ2n) is 1.15. The Labute approximate surface area is 46.7 Å². The standard InChI is InChI=1S/C2H4N2O3S/c3-4-1-2-8(5,6)7/h1-2H2/p+1. The summed E-state index contributed by atoms with van der Waals surface area (Å²) in [7, 11) is -3.94. The van der Waals surface area contributed by atoms with Crippen LogP contribution in [-0.2, 0) is 10.1 Å². The van der Waals surface area contributed by atoms with Crippen molar-refractivity contribution in [3.8, 4) is 0 Å². The van der Waals surface area contributed by atoms with Crippen molar-refractivity contribution in [2.45, 2.75) is 0 Å². The van der Waals surface area contributed by atoms with Crippen molar-refractivity contribution in [2.75, 3.05) is 12.3 Å². The molecule has 0 aliphatic heterocycles. The van der Waals surface area contributed by atoms with Crippen LogP contribution in [0.15, 0.2) is 0 Å². The Morgan fingerprint density at radius 2 is 2.12 bits per heavy atom. The Hall–Kier alpha value is -0.670. The van der Waals surface area contributed by atoms with Crippen molar-refractivity contribution in [1.29, 1.82) is 5.39 Å². The summed E-state index contributed by atoms with van der Waals surface area (Å²) >= 11 is 0. The summed E-state index contributed by atoms with van der Waals surface area (Å²) in [4.78, 5) is 2.48. The predicted octanol–water partition coefficient (Wildman–Crippen LogP) is -0.273. The zero-order chi connectivity index (χ0) is 6.62. The van der Waals surface area contributed by atoms with Gasteiger partial charge in [0.1, 0.15) is 4.98 Å². The first kappa shape index (κ1) is 7.33. The number of diazo groups is 1. The largest absolute Gasteiger partial charge is 0.321 e. The molecule has 0 aromatic carbocycles. The van der Waals surface area contributed by atoms with E-state index in [-0.39, 0.29) is 6.54 Å². The van der Waals surface area contributed by atoms with Gasteiger partial charge in [0.15, 0.2) is 5.75 Å². The molecule has 0 aromatic rings. The van der Waals surface area contributed by atoms with Gasteiger partial charge in [-0.25, -0.2) is 0 Å². The van der Waals surface area contributed by atoms with Gasteiger partial charge in [-0.1, -0.05) is 0 Å². The summed E-state index contributed by atoms with van der Waals surface area (Å²) in [5, 5.41) is 7.68. The van der Waals surface area contributed by atoms with E-state index in [0.29, 0.717) is 0 Å². The van der Waals surface area contributed by atoms with Gasteiger partial charge in [-0.05, 0) is 0 Å². The van der Waals surface area contributed by atoms with E-state index in [1.807, 2.05) is 0 Å². The summed E-state index contributed by atoms with van der Waals surface area (Å²) in [5.41, 5.74) is 0. The van der Waals surface area contributed by atoms with Crippen LogP contribution in [0.3, 0.4) is 0 Å². The topological polar surface area (TPSA) is 82.5 Å². The summed E-state index contributed by atoms with van der Waals surface area (Å²) in [6, 6.07) is 0. The Bertz CT molecular complexity index is 188. The first-order valence-corrected chi connectivity index (χ1v) is 3.43. The van der Waals surface area contributed by atoms with E-state index < -0.39 is 15.9 Å².